The van der Waals surface area contributed by atoms with Crippen LogP contribution in [-0.4, -0.2) is 38.6 Å². The third kappa shape index (κ3) is 3.83. The molecule has 0 unspecified atom stereocenters. The molecule has 0 radical (unpaired) electrons. The van der Waals surface area contributed by atoms with Crippen LogP contribution >= 0.6 is 0 Å². The van der Waals surface area contributed by atoms with E-state index in [0.29, 0.717) is 28.7 Å². The first-order valence-corrected chi connectivity index (χ1v) is 7.90. The second-order valence-electron chi connectivity index (χ2n) is 5.50. The van der Waals surface area contributed by atoms with Gasteiger partial charge in [0.25, 0.3) is 0 Å². The zero-order valence-electron chi connectivity index (χ0n) is 14.4. The van der Waals surface area contributed by atoms with Gasteiger partial charge in [-0.25, -0.2) is 0 Å². The van der Waals surface area contributed by atoms with Gasteiger partial charge in [-0.2, -0.15) is 0 Å². The Morgan fingerprint density at radius 2 is 1.88 bits per heavy atom. The van der Waals surface area contributed by atoms with Gasteiger partial charge < -0.3 is 29.4 Å². The van der Waals surface area contributed by atoms with E-state index in [4.69, 9.17) is 24.1 Å². The molecule has 2 aromatic rings. The molecule has 3 rings (SSSR count). The number of ether oxygens (including phenoxy) is 4. The summed E-state index contributed by atoms with van der Waals surface area (Å²) in [5, 5.41) is 11.7. The molecule has 0 aromatic heterocycles. The number of carboxylic acid groups (broad SMARTS) is 1. The maximum atomic E-state index is 10.8. The Balaban J connectivity index is 1.84. The summed E-state index contributed by atoms with van der Waals surface area (Å²) in [5.41, 5.74) is 2.39. The quantitative estimate of drug-likeness (QED) is 0.736. The number of methoxy groups -OCH3 is 2. The summed E-state index contributed by atoms with van der Waals surface area (Å²) >= 11 is 0. The molecule has 0 saturated carbocycles. The molecule has 0 spiro atoms. The topological polar surface area (TPSA) is 86.3 Å². The minimum atomic E-state index is -0.944. The molecular formula is C19H19NO6. The van der Waals surface area contributed by atoms with E-state index in [-0.39, 0.29) is 13.3 Å². The summed E-state index contributed by atoms with van der Waals surface area (Å²) < 4.78 is 21.4. The van der Waals surface area contributed by atoms with Gasteiger partial charge in [-0.3, -0.25) is 4.79 Å². The number of hydrogen-bond donors (Lipinski definition) is 2. The fourth-order valence-electron chi connectivity index (χ4n) is 2.58. The first kappa shape index (κ1) is 17.5. The predicted octanol–water partition coefficient (Wildman–Crippen LogP) is 3.10. The third-order valence-corrected chi connectivity index (χ3v) is 3.80. The minimum Gasteiger partial charge on any atom is -0.495 e. The Morgan fingerprint density at radius 3 is 2.62 bits per heavy atom. The van der Waals surface area contributed by atoms with E-state index in [2.05, 4.69) is 5.32 Å². The van der Waals surface area contributed by atoms with Crippen molar-refractivity contribution in [3.05, 3.63) is 41.5 Å². The molecule has 0 atom stereocenters. The molecule has 0 amide bonds. The molecular weight excluding hydrogens is 338 g/mol. The highest BCUT2D eigenvalue weighted by molar-refractivity contribution is 5.77. The minimum absolute atomic E-state index is 0.177. The average molecular weight is 357 g/mol. The lowest BCUT2D eigenvalue weighted by Gasteiger charge is -2.10. The molecule has 1 aliphatic rings. The van der Waals surface area contributed by atoms with Crippen LogP contribution < -0.4 is 24.3 Å². The molecule has 0 aliphatic carbocycles. The summed E-state index contributed by atoms with van der Waals surface area (Å²) in [5.74, 6) is 1.49. The molecule has 7 heteroatoms. The molecule has 0 fully saturated rings. The first-order valence-electron chi connectivity index (χ1n) is 7.90. The van der Waals surface area contributed by atoms with Crippen molar-refractivity contribution in [3.8, 4) is 23.0 Å². The van der Waals surface area contributed by atoms with Crippen LogP contribution in [-0.2, 0) is 4.79 Å². The van der Waals surface area contributed by atoms with Crippen LogP contribution in [0.5, 0.6) is 23.0 Å². The summed E-state index contributed by atoms with van der Waals surface area (Å²) in [4.78, 5) is 10.8. The molecule has 0 bridgehead atoms. The predicted molar refractivity (Wildman–Crippen MR) is 97.2 cm³/mol. The molecule has 7 nitrogen and oxygen atoms in total. The van der Waals surface area contributed by atoms with Crippen molar-refractivity contribution in [2.75, 3.05) is 32.9 Å². The van der Waals surface area contributed by atoms with Gasteiger partial charge in [0, 0.05) is 0 Å². The summed E-state index contributed by atoms with van der Waals surface area (Å²) in [6.07, 6.45) is 3.82. The van der Waals surface area contributed by atoms with Gasteiger partial charge in [-0.1, -0.05) is 18.2 Å². The van der Waals surface area contributed by atoms with Crippen molar-refractivity contribution in [1.29, 1.82) is 0 Å². The molecule has 26 heavy (non-hydrogen) atoms. The number of anilines is 1. The number of rotatable bonds is 7. The highest BCUT2D eigenvalue weighted by Gasteiger charge is 2.19. The lowest BCUT2D eigenvalue weighted by Crippen LogP contribution is -2.12. The van der Waals surface area contributed by atoms with Crippen molar-refractivity contribution >= 4 is 23.8 Å². The first-order chi connectivity index (χ1) is 12.6. The van der Waals surface area contributed by atoms with Crippen molar-refractivity contribution in [3.63, 3.8) is 0 Å². The fourth-order valence-corrected chi connectivity index (χ4v) is 2.58. The van der Waals surface area contributed by atoms with E-state index < -0.39 is 5.97 Å². The number of aliphatic carboxylic acids is 1. The van der Waals surface area contributed by atoms with Crippen molar-refractivity contribution in [2.24, 2.45) is 0 Å². The van der Waals surface area contributed by atoms with Crippen LogP contribution in [0.1, 0.15) is 11.1 Å². The Morgan fingerprint density at radius 1 is 1.12 bits per heavy atom. The summed E-state index contributed by atoms with van der Waals surface area (Å²) in [6.45, 7) is -0.0150. The molecule has 0 saturated heterocycles. The standard InChI is InChI=1S/C19H19NO6/c1-23-15-6-5-12(7-14(15)20-10-18(21)22)3-4-13-8-16(24-2)19-17(9-13)25-11-26-19/h3-9,20H,10-11H2,1-2H3,(H,21,22)/b4-3-. The smallest absolute Gasteiger partial charge is 0.322 e. The number of carboxylic acids is 1. The van der Waals surface area contributed by atoms with Crippen LogP contribution in [0.25, 0.3) is 12.2 Å². The lowest BCUT2D eigenvalue weighted by molar-refractivity contribution is -0.134. The Kier molecular flexibility index (Phi) is 5.17. The molecule has 136 valence electrons. The number of nitrogens with one attached hydrogen (secondary N) is 1. The van der Waals surface area contributed by atoms with Crippen molar-refractivity contribution in [2.45, 2.75) is 0 Å². The van der Waals surface area contributed by atoms with E-state index in [1.165, 1.54) is 7.11 Å². The van der Waals surface area contributed by atoms with Gasteiger partial charge in [0.15, 0.2) is 11.5 Å². The fraction of sp³-hybridized carbons (Fsp3) is 0.211. The number of fused-ring (bicyclic) bond motifs is 1. The van der Waals surface area contributed by atoms with Crippen LogP contribution in [0, 0.1) is 0 Å². The lowest BCUT2D eigenvalue weighted by atomic mass is 10.1. The Hall–Kier alpha value is -3.35. The van der Waals surface area contributed by atoms with Crippen molar-refractivity contribution in [1.82, 2.24) is 0 Å². The largest absolute Gasteiger partial charge is 0.495 e. The van der Waals surface area contributed by atoms with Crippen LogP contribution in [0.15, 0.2) is 30.3 Å². The zero-order valence-corrected chi connectivity index (χ0v) is 14.4. The van der Waals surface area contributed by atoms with Gasteiger partial charge in [-0.15, -0.1) is 0 Å². The van der Waals surface area contributed by atoms with Gasteiger partial charge in [0.05, 0.1) is 19.9 Å². The second-order valence-corrected chi connectivity index (χ2v) is 5.50. The van der Waals surface area contributed by atoms with Crippen LogP contribution in [0.3, 0.4) is 0 Å². The van der Waals surface area contributed by atoms with Crippen LogP contribution in [0.4, 0.5) is 5.69 Å². The van der Waals surface area contributed by atoms with E-state index in [0.717, 1.165) is 11.1 Å². The number of hydrogen-bond acceptors (Lipinski definition) is 6. The summed E-state index contributed by atoms with van der Waals surface area (Å²) in [6, 6.07) is 9.21. The number of benzene rings is 2. The average Bonchev–Trinajstić information content (AvgIpc) is 3.12. The van der Waals surface area contributed by atoms with E-state index in [1.807, 2.05) is 36.4 Å². The zero-order chi connectivity index (χ0) is 18.5. The molecule has 2 N–H and O–H groups in total. The van der Waals surface area contributed by atoms with E-state index in [9.17, 15) is 4.79 Å². The molecule has 1 heterocycles. The highest BCUT2D eigenvalue weighted by atomic mass is 16.7. The van der Waals surface area contributed by atoms with Gasteiger partial charge in [0.1, 0.15) is 12.3 Å². The van der Waals surface area contributed by atoms with Gasteiger partial charge >= 0.3 is 5.97 Å². The van der Waals surface area contributed by atoms with E-state index in [1.54, 1.807) is 13.2 Å². The maximum absolute atomic E-state index is 10.8. The van der Waals surface area contributed by atoms with Crippen molar-refractivity contribution < 1.29 is 28.8 Å². The Bertz CT molecular complexity index is 846. The second kappa shape index (κ2) is 7.69. The SMILES string of the molecule is COc1ccc(/C=C\c2cc(OC)c3c(c2)OCO3)cc1NCC(=O)O. The third-order valence-electron chi connectivity index (χ3n) is 3.80. The molecule has 2 aromatic carbocycles. The Labute approximate surface area is 150 Å². The van der Waals surface area contributed by atoms with E-state index >= 15 is 0 Å². The molecule has 1 aliphatic heterocycles. The monoisotopic (exact) mass is 357 g/mol. The number of carbonyl (C=O) groups is 1. The van der Waals surface area contributed by atoms with Gasteiger partial charge in [0.2, 0.25) is 12.5 Å². The highest BCUT2D eigenvalue weighted by Crippen LogP contribution is 2.42. The van der Waals surface area contributed by atoms with Gasteiger partial charge in [-0.05, 0) is 35.4 Å². The van der Waals surface area contributed by atoms with Crippen LogP contribution in [0.2, 0.25) is 0 Å². The normalized spacial score (nSPS) is 12.2. The summed E-state index contributed by atoms with van der Waals surface area (Å²) in [7, 11) is 3.12. The maximum Gasteiger partial charge on any atom is 0.322 e.